The molecule has 7 nitrogen and oxygen atoms in total. The molecule has 0 bridgehead atoms. The minimum absolute atomic E-state index is 0.0542. The van der Waals surface area contributed by atoms with Gasteiger partial charge in [-0.3, -0.25) is 14.5 Å². The van der Waals surface area contributed by atoms with Crippen molar-refractivity contribution >= 4 is 46.7 Å². The second-order valence-corrected chi connectivity index (χ2v) is 8.94. The van der Waals surface area contributed by atoms with Gasteiger partial charge < -0.3 is 15.5 Å². The first-order valence-electron chi connectivity index (χ1n) is 10.6. The minimum Gasteiger partial charge on any atom is -0.438 e. The summed E-state index contributed by atoms with van der Waals surface area (Å²) in [5.74, 6) is 1.07. The number of carbonyl (C=O) groups excluding carboxylic acids is 2. The van der Waals surface area contributed by atoms with Crippen LogP contribution in [-0.4, -0.2) is 47.5 Å². The highest BCUT2D eigenvalue weighted by Gasteiger charge is 2.14. The average molecular weight is 487 g/mol. The van der Waals surface area contributed by atoms with E-state index in [1.807, 2.05) is 24.3 Å². The Morgan fingerprint density at radius 3 is 2.82 bits per heavy atom. The quantitative estimate of drug-likeness (QED) is 0.164. The number of rotatable bonds is 13. The summed E-state index contributed by atoms with van der Waals surface area (Å²) in [6, 6.07) is 13.6. The Labute approximate surface area is 202 Å². The molecule has 0 atom stereocenters. The number of allylic oxidation sites excluding steroid dienone is 1. The number of fused-ring (bicyclic) bond motifs is 1. The fraction of sp³-hybridized carbons (Fsp3) is 0.292. The van der Waals surface area contributed by atoms with E-state index >= 15 is 0 Å². The lowest BCUT2D eigenvalue weighted by atomic mass is 10.1. The zero-order valence-corrected chi connectivity index (χ0v) is 20.0. The van der Waals surface area contributed by atoms with Crippen LogP contribution < -0.4 is 11.1 Å². The lowest BCUT2D eigenvalue weighted by Gasteiger charge is -2.21. The van der Waals surface area contributed by atoms with Gasteiger partial charge in [-0.25, -0.2) is 4.98 Å². The molecule has 0 radical (unpaired) electrons. The average Bonchev–Trinajstić information content (AvgIpc) is 3.20. The number of carbonyl (C=O) groups is 2. The number of oxazole rings is 1. The Hall–Kier alpha value is -2.81. The summed E-state index contributed by atoms with van der Waals surface area (Å²) in [4.78, 5) is 29.8. The van der Waals surface area contributed by atoms with Crippen LogP contribution in [0.5, 0.6) is 0 Å². The van der Waals surface area contributed by atoms with Crippen molar-refractivity contribution in [3.05, 3.63) is 70.7 Å². The van der Waals surface area contributed by atoms with Crippen molar-refractivity contribution < 1.29 is 14.0 Å². The number of nitrogens with zero attached hydrogens (tertiary/aromatic N) is 2. The number of nitrogens with one attached hydrogen (secondary N) is 1. The van der Waals surface area contributed by atoms with E-state index in [1.165, 1.54) is 18.6 Å². The fourth-order valence-electron chi connectivity index (χ4n) is 3.37. The summed E-state index contributed by atoms with van der Waals surface area (Å²) < 4.78 is 5.88. The maximum absolute atomic E-state index is 11.2. The molecule has 9 heteroatoms. The minimum atomic E-state index is -0.0542. The molecule has 1 aromatic heterocycles. The van der Waals surface area contributed by atoms with Crippen LogP contribution in [-0.2, 0) is 22.6 Å². The fourth-order valence-corrected chi connectivity index (χ4v) is 4.51. The van der Waals surface area contributed by atoms with Crippen molar-refractivity contribution in [1.82, 2.24) is 15.2 Å². The standard InChI is InChI=1S/C24H27ClN4O3S/c1-17(31)13-19(26)15-33-22-8-3-2-5-18(22)9-11-29(12-10-27-16-30)14-23-28-21-7-4-6-20(25)24(21)32-23/h2-8,13,16H,9-12,14-15,26H2,1H3,(H,27,30). The van der Waals surface area contributed by atoms with E-state index in [0.29, 0.717) is 54.0 Å². The number of aromatic nitrogens is 1. The largest absolute Gasteiger partial charge is 0.438 e. The summed E-state index contributed by atoms with van der Waals surface area (Å²) >= 11 is 7.83. The Morgan fingerprint density at radius 2 is 2.06 bits per heavy atom. The van der Waals surface area contributed by atoms with Crippen LogP contribution in [0.25, 0.3) is 11.1 Å². The van der Waals surface area contributed by atoms with Crippen LogP contribution in [0.3, 0.4) is 0 Å². The molecule has 3 aromatic rings. The zero-order chi connectivity index (χ0) is 23.6. The highest BCUT2D eigenvalue weighted by molar-refractivity contribution is 7.99. The van der Waals surface area contributed by atoms with Gasteiger partial charge >= 0.3 is 0 Å². The van der Waals surface area contributed by atoms with Crippen LogP contribution in [0, 0.1) is 0 Å². The molecular formula is C24H27ClN4O3S. The first kappa shape index (κ1) is 24.8. The highest BCUT2D eigenvalue weighted by atomic mass is 35.5. The van der Waals surface area contributed by atoms with Gasteiger partial charge in [0.15, 0.2) is 11.4 Å². The topological polar surface area (TPSA) is 101 Å². The van der Waals surface area contributed by atoms with Gasteiger partial charge in [0.2, 0.25) is 12.3 Å². The van der Waals surface area contributed by atoms with Crippen LogP contribution >= 0.6 is 23.4 Å². The molecule has 3 rings (SSSR count). The van der Waals surface area contributed by atoms with Gasteiger partial charge in [-0.2, -0.15) is 0 Å². The number of benzene rings is 2. The van der Waals surface area contributed by atoms with Crippen molar-refractivity contribution in [2.75, 3.05) is 25.4 Å². The second-order valence-electron chi connectivity index (χ2n) is 7.52. The number of amides is 1. The third-order valence-electron chi connectivity index (χ3n) is 4.88. The summed E-state index contributed by atoms with van der Waals surface area (Å²) in [6.45, 7) is 3.89. The molecule has 3 N–H and O–H groups in total. The van der Waals surface area contributed by atoms with E-state index in [9.17, 15) is 9.59 Å². The zero-order valence-electron chi connectivity index (χ0n) is 18.4. The molecule has 0 unspecified atom stereocenters. The maximum atomic E-state index is 11.2. The predicted octanol–water partition coefficient (Wildman–Crippen LogP) is 3.80. The number of nitrogens with two attached hydrogens (primary N) is 1. The summed E-state index contributed by atoms with van der Waals surface area (Å²) in [5, 5.41) is 3.24. The van der Waals surface area contributed by atoms with E-state index in [4.69, 9.17) is 21.8 Å². The Kier molecular flexibility index (Phi) is 9.35. The SMILES string of the molecule is CC(=O)C=C(N)CSc1ccccc1CCN(CCNC=O)Cc1nc2cccc(Cl)c2o1. The monoisotopic (exact) mass is 486 g/mol. The molecule has 0 spiro atoms. The van der Waals surface area contributed by atoms with Crippen LogP contribution in [0.1, 0.15) is 18.4 Å². The van der Waals surface area contributed by atoms with Gasteiger partial charge in [-0.1, -0.05) is 35.9 Å². The Bertz CT molecular complexity index is 1130. The Balaban J connectivity index is 1.68. The molecule has 33 heavy (non-hydrogen) atoms. The first-order chi connectivity index (χ1) is 16.0. The van der Waals surface area contributed by atoms with E-state index in [1.54, 1.807) is 17.8 Å². The van der Waals surface area contributed by atoms with Gasteiger partial charge in [0.1, 0.15) is 5.52 Å². The normalized spacial score (nSPS) is 11.8. The maximum Gasteiger partial charge on any atom is 0.209 e. The van der Waals surface area contributed by atoms with Crippen LogP contribution in [0.4, 0.5) is 0 Å². The lowest BCUT2D eigenvalue weighted by Crippen LogP contribution is -2.33. The van der Waals surface area contributed by atoms with Gasteiger partial charge in [0.25, 0.3) is 0 Å². The van der Waals surface area contributed by atoms with Gasteiger partial charge in [0, 0.05) is 42.1 Å². The van der Waals surface area contributed by atoms with Crippen LogP contribution in [0.15, 0.2) is 63.6 Å². The molecule has 1 amide bonds. The second kappa shape index (κ2) is 12.4. The molecule has 0 aliphatic carbocycles. The summed E-state index contributed by atoms with van der Waals surface area (Å²) in [6.07, 6.45) is 2.95. The third kappa shape index (κ3) is 7.63. The molecule has 0 aliphatic rings. The molecule has 174 valence electrons. The van der Waals surface area contributed by atoms with Crippen molar-refractivity contribution in [3.63, 3.8) is 0 Å². The molecule has 0 saturated carbocycles. The highest BCUT2D eigenvalue weighted by Crippen LogP contribution is 2.26. The first-order valence-corrected chi connectivity index (χ1v) is 11.9. The number of hydrogen-bond acceptors (Lipinski definition) is 7. The number of halogens is 1. The molecule has 0 fully saturated rings. The van der Waals surface area contributed by atoms with E-state index in [-0.39, 0.29) is 5.78 Å². The van der Waals surface area contributed by atoms with Gasteiger partial charge in [-0.05, 0) is 37.1 Å². The van der Waals surface area contributed by atoms with Crippen molar-refractivity contribution in [2.24, 2.45) is 5.73 Å². The van der Waals surface area contributed by atoms with Crippen molar-refractivity contribution in [2.45, 2.75) is 24.8 Å². The number of para-hydroxylation sites is 1. The third-order valence-corrected chi connectivity index (χ3v) is 6.36. The van der Waals surface area contributed by atoms with E-state index in [2.05, 4.69) is 27.3 Å². The van der Waals surface area contributed by atoms with Gasteiger partial charge in [0.05, 0.1) is 11.6 Å². The van der Waals surface area contributed by atoms with Crippen molar-refractivity contribution in [1.29, 1.82) is 0 Å². The number of thioether (sulfide) groups is 1. The van der Waals surface area contributed by atoms with Crippen LogP contribution in [0.2, 0.25) is 5.02 Å². The molecule has 0 saturated heterocycles. The molecule has 2 aromatic carbocycles. The van der Waals surface area contributed by atoms with E-state index < -0.39 is 0 Å². The Morgan fingerprint density at radius 1 is 1.24 bits per heavy atom. The summed E-state index contributed by atoms with van der Waals surface area (Å²) in [5.41, 5.74) is 8.99. The number of ketones is 1. The molecule has 1 heterocycles. The smallest absolute Gasteiger partial charge is 0.209 e. The lowest BCUT2D eigenvalue weighted by molar-refractivity contribution is -0.112. The molecular weight excluding hydrogens is 460 g/mol. The predicted molar refractivity (Wildman–Crippen MR) is 132 cm³/mol. The van der Waals surface area contributed by atoms with Gasteiger partial charge in [-0.15, -0.1) is 11.8 Å². The number of hydrogen-bond donors (Lipinski definition) is 2. The summed E-state index contributed by atoms with van der Waals surface area (Å²) in [7, 11) is 0. The molecule has 0 aliphatic heterocycles. The van der Waals surface area contributed by atoms with E-state index in [0.717, 1.165) is 23.4 Å². The van der Waals surface area contributed by atoms with Crippen molar-refractivity contribution in [3.8, 4) is 0 Å².